The third kappa shape index (κ3) is 2.37. The van der Waals surface area contributed by atoms with Crippen LogP contribution in [0.2, 0.25) is 5.02 Å². The zero-order valence-corrected chi connectivity index (χ0v) is 12.3. The van der Waals surface area contributed by atoms with E-state index in [1.165, 1.54) is 4.31 Å². The minimum atomic E-state index is -3.55. The predicted molar refractivity (Wildman–Crippen MR) is 70.8 cm³/mol. The highest BCUT2D eigenvalue weighted by atomic mass is 79.9. The minimum Gasteiger partial charge on any atom is -0.313 e. The second-order valence-corrected chi connectivity index (χ2v) is 7.08. The zero-order valence-electron chi connectivity index (χ0n) is 9.15. The van der Waals surface area contributed by atoms with Crippen LogP contribution in [0.15, 0.2) is 27.6 Å². The van der Waals surface area contributed by atoms with E-state index in [4.69, 9.17) is 11.6 Å². The number of hydrogen-bond donors (Lipinski definition) is 1. The van der Waals surface area contributed by atoms with E-state index in [1.54, 1.807) is 25.2 Å². The number of sulfonamides is 1. The van der Waals surface area contributed by atoms with Crippen LogP contribution in [0, 0.1) is 0 Å². The maximum absolute atomic E-state index is 12.4. The van der Waals surface area contributed by atoms with Crippen LogP contribution >= 0.6 is 27.5 Å². The van der Waals surface area contributed by atoms with Gasteiger partial charge in [0.05, 0.1) is 5.02 Å². The zero-order chi connectivity index (χ0) is 12.6. The van der Waals surface area contributed by atoms with Crippen molar-refractivity contribution >= 4 is 37.6 Å². The maximum atomic E-state index is 12.4. The lowest BCUT2D eigenvalue weighted by molar-refractivity contribution is 0.274. The molecule has 1 aliphatic heterocycles. The molecule has 0 radical (unpaired) electrons. The first-order chi connectivity index (χ1) is 7.94. The quantitative estimate of drug-likeness (QED) is 0.912. The number of benzene rings is 1. The van der Waals surface area contributed by atoms with Crippen LogP contribution in [-0.2, 0) is 10.0 Å². The van der Waals surface area contributed by atoms with Gasteiger partial charge in [-0.15, -0.1) is 0 Å². The number of nitrogens with one attached hydrogen (secondary N) is 1. The largest absolute Gasteiger partial charge is 0.313 e. The summed E-state index contributed by atoms with van der Waals surface area (Å²) in [6, 6.07) is 4.96. The van der Waals surface area contributed by atoms with Gasteiger partial charge in [0.1, 0.15) is 4.90 Å². The molecule has 0 bridgehead atoms. The molecule has 0 saturated carbocycles. The summed E-state index contributed by atoms with van der Waals surface area (Å²) in [7, 11) is -1.97. The molecule has 1 saturated heterocycles. The third-order valence-corrected chi connectivity index (χ3v) is 6.19. The average Bonchev–Trinajstić information content (AvgIpc) is 2.13. The van der Waals surface area contributed by atoms with Crippen molar-refractivity contribution < 1.29 is 8.42 Å². The summed E-state index contributed by atoms with van der Waals surface area (Å²) in [5.74, 6) is 0. The number of likely N-dealkylation sites (N-methyl/N-ethyl adjacent to an activating group) is 1. The number of hydrogen-bond acceptors (Lipinski definition) is 3. The average molecular weight is 340 g/mol. The van der Waals surface area contributed by atoms with Gasteiger partial charge < -0.3 is 5.32 Å². The molecule has 0 atom stereocenters. The Morgan fingerprint density at radius 3 is 2.59 bits per heavy atom. The lowest BCUT2D eigenvalue weighted by atomic mass is 10.2. The van der Waals surface area contributed by atoms with E-state index in [2.05, 4.69) is 21.2 Å². The van der Waals surface area contributed by atoms with Crippen molar-refractivity contribution in [2.24, 2.45) is 0 Å². The fraction of sp³-hybridized carbons (Fsp3) is 0.400. The molecule has 1 aromatic rings. The van der Waals surface area contributed by atoms with Gasteiger partial charge in [-0.05, 0) is 28.1 Å². The Morgan fingerprint density at radius 1 is 1.47 bits per heavy atom. The van der Waals surface area contributed by atoms with Crippen molar-refractivity contribution in [1.82, 2.24) is 9.62 Å². The SMILES string of the molecule is CN(C1CNC1)S(=O)(=O)c1c(Cl)cccc1Br. The monoisotopic (exact) mass is 338 g/mol. The molecule has 7 heteroatoms. The van der Waals surface area contributed by atoms with Crippen molar-refractivity contribution in [2.75, 3.05) is 20.1 Å². The summed E-state index contributed by atoms with van der Waals surface area (Å²) in [5.41, 5.74) is 0. The number of nitrogens with zero attached hydrogens (tertiary/aromatic N) is 1. The van der Waals surface area contributed by atoms with Crippen LogP contribution in [0.3, 0.4) is 0 Å². The highest BCUT2D eigenvalue weighted by Gasteiger charge is 2.33. The van der Waals surface area contributed by atoms with Crippen LogP contribution < -0.4 is 5.32 Å². The molecule has 0 unspecified atom stereocenters. The summed E-state index contributed by atoms with van der Waals surface area (Å²) in [6.07, 6.45) is 0. The first-order valence-electron chi connectivity index (χ1n) is 5.07. The van der Waals surface area contributed by atoms with Crippen LogP contribution in [0.25, 0.3) is 0 Å². The molecule has 1 N–H and O–H groups in total. The van der Waals surface area contributed by atoms with Gasteiger partial charge in [-0.1, -0.05) is 17.7 Å². The Bertz CT molecular complexity index is 511. The Balaban J connectivity index is 2.44. The second kappa shape index (κ2) is 4.85. The lowest BCUT2D eigenvalue weighted by Gasteiger charge is -2.35. The minimum absolute atomic E-state index is 0.00294. The molecule has 0 aliphatic carbocycles. The van der Waals surface area contributed by atoms with E-state index >= 15 is 0 Å². The van der Waals surface area contributed by atoms with Gasteiger partial charge in [0.25, 0.3) is 0 Å². The molecule has 0 aromatic heterocycles. The maximum Gasteiger partial charge on any atom is 0.245 e. The molecule has 17 heavy (non-hydrogen) atoms. The molecule has 94 valence electrons. The van der Waals surface area contributed by atoms with Gasteiger partial charge in [-0.25, -0.2) is 8.42 Å². The topological polar surface area (TPSA) is 49.4 Å². The molecular weight excluding hydrogens is 328 g/mol. The normalized spacial score (nSPS) is 17.2. The molecule has 1 aliphatic rings. The first-order valence-corrected chi connectivity index (χ1v) is 7.68. The van der Waals surface area contributed by atoms with E-state index in [9.17, 15) is 8.42 Å². The van der Waals surface area contributed by atoms with Gasteiger partial charge in [0.2, 0.25) is 10.0 Å². The predicted octanol–water partition coefficient (Wildman–Crippen LogP) is 1.69. The van der Waals surface area contributed by atoms with E-state index < -0.39 is 10.0 Å². The van der Waals surface area contributed by atoms with Gasteiger partial charge in [-0.2, -0.15) is 4.31 Å². The highest BCUT2D eigenvalue weighted by Crippen LogP contribution is 2.32. The Hall–Kier alpha value is -0.140. The standard InChI is InChI=1S/C10H12BrClN2O2S/c1-14(7-5-13-6-7)17(15,16)10-8(11)3-2-4-9(10)12/h2-4,7,13H,5-6H2,1H3. The summed E-state index contributed by atoms with van der Waals surface area (Å²) in [6.45, 7) is 1.36. The van der Waals surface area contributed by atoms with Crippen molar-refractivity contribution in [3.63, 3.8) is 0 Å². The molecule has 4 nitrogen and oxygen atoms in total. The molecular formula is C10H12BrClN2O2S. The summed E-state index contributed by atoms with van der Waals surface area (Å²) >= 11 is 9.21. The van der Waals surface area contributed by atoms with Gasteiger partial charge in [0, 0.05) is 30.7 Å². The summed E-state index contributed by atoms with van der Waals surface area (Å²) in [4.78, 5) is 0.135. The molecule has 0 amide bonds. The molecule has 1 heterocycles. The van der Waals surface area contributed by atoms with Crippen molar-refractivity contribution in [3.05, 3.63) is 27.7 Å². The van der Waals surface area contributed by atoms with Crippen LogP contribution in [-0.4, -0.2) is 38.9 Å². The van der Waals surface area contributed by atoms with E-state index in [-0.39, 0.29) is 16.0 Å². The van der Waals surface area contributed by atoms with Crippen LogP contribution in [0.4, 0.5) is 0 Å². The van der Waals surface area contributed by atoms with Gasteiger partial charge in [-0.3, -0.25) is 0 Å². The smallest absolute Gasteiger partial charge is 0.245 e. The van der Waals surface area contributed by atoms with Crippen molar-refractivity contribution in [3.8, 4) is 0 Å². The molecule has 0 spiro atoms. The lowest BCUT2D eigenvalue weighted by Crippen LogP contribution is -2.57. The van der Waals surface area contributed by atoms with Crippen LogP contribution in [0.5, 0.6) is 0 Å². The van der Waals surface area contributed by atoms with Gasteiger partial charge in [0.15, 0.2) is 0 Å². The molecule has 1 aromatic carbocycles. The van der Waals surface area contributed by atoms with Crippen molar-refractivity contribution in [2.45, 2.75) is 10.9 Å². The van der Waals surface area contributed by atoms with Crippen LogP contribution in [0.1, 0.15) is 0 Å². The first kappa shape index (κ1) is 13.3. The molecule has 2 rings (SSSR count). The van der Waals surface area contributed by atoms with E-state index in [0.29, 0.717) is 17.6 Å². The fourth-order valence-corrected chi connectivity index (χ4v) is 4.62. The molecule has 1 fully saturated rings. The third-order valence-electron chi connectivity index (χ3n) is 2.83. The fourth-order valence-electron chi connectivity index (χ4n) is 1.60. The summed E-state index contributed by atoms with van der Waals surface area (Å²) in [5, 5.41) is 3.28. The second-order valence-electron chi connectivity index (χ2n) is 3.88. The number of rotatable bonds is 3. The Morgan fingerprint density at radius 2 is 2.12 bits per heavy atom. The van der Waals surface area contributed by atoms with E-state index in [1.807, 2.05) is 0 Å². The van der Waals surface area contributed by atoms with Gasteiger partial charge >= 0.3 is 0 Å². The van der Waals surface area contributed by atoms with E-state index in [0.717, 1.165) is 0 Å². The Kier molecular flexibility index (Phi) is 3.80. The summed E-state index contributed by atoms with van der Waals surface area (Å²) < 4.78 is 26.6. The Labute approximate surface area is 114 Å². The van der Waals surface area contributed by atoms with Crippen molar-refractivity contribution in [1.29, 1.82) is 0 Å². The number of halogens is 2. The highest BCUT2D eigenvalue weighted by molar-refractivity contribution is 9.10.